The van der Waals surface area contributed by atoms with Gasteiger partial charge in [0.1, 0.15) is 22.6 Å². The summed E-state index contributed by atoms with van der Waals surface area (Å²) in [5.41, 5.74) is 4.66. The lowest BCUT2D eigenvalue weighted by molar-refractivity contribution is -0.138. The standard InChI is InChI=1S/C18H15F3N5O4S/c1-30-14-12-15(31-7-26(12)16(22)27)24-13(23-14)11-10-8(5-6-25(11)17(28)29)3-2-4-9(10)18(19,20)21/h2-4,7,11H,5-6H2,1H3,(H2,22,27)(H,28,29). The summed E-state index contributed by atoms with van der Waals surface area (Å²) in [6.45, 7) is -0.0379. The monoisotopic (exact) mass is 454 g/mol. The molecule has 1 unspecified atom stereocenters. The lowest BCUT2D eigenvalue weighted by atomic mass is 9.88. The first-order valence-electron chi connectivity index (χ1n) is 8.86. The van der Waals surface area contributed by atoms with Crippen molar-refractivity contribution >= 4 is 29.6 Å². The fraction of sp³-hybridized carbons (Fsp3) is 0.278. The van der Waals surface area contributed by atoms with E-state index in [1.54, 1.807) is 0 Å². The van der Waals surface area contributed by atoms with Gasteiger partial charge in [-0.05, 0) is 23.6 Å². The number of nitrogens with two attached hydrogens (primary N) is 1. The zero-order valence-corrected chi connectivity index (χ0v) is 16.7. The van der Waals surface area contributed by atoms with Gasteiger partial charge in [0.05, 0.1) is 12.7 Å². The minimum atomic E-state index is -4.71. The Bertz CT molecular complexity index is 1080. The molecule has 2 aromatic rings. The van der Waals surface area contributed by atoms with Gasteiger partial charge in [-0.3, -0.25) is 9.80 Å². The van der Waals surface area contributed by atoms with Crippen LogP contribution < -0.4 is 15.4 Å². The molecule has 4 rings (SSSR count). The third-order valence-corrected chi connectivity index (χ3v) is 5.80. The first kappa shape index (κ1) is 21.0. The van der Waals surface area contributed by atoms with Crippen molar-refractivity contribution in [2.45, 2.75) is 23.7 Å². The van der Waals surface area contributed by atoms with E-state index in [4.69, 9.17) is 10.5 Å². The molecular formula is C18H15F3N5O4S. The quantitative estimate of drug-likeness (QED) is 0.668. The molecule has 2 aliphatic rings. The minimum Gasteiger partial charge on any atom is -0.479 e. The maximum atomic E-state index is 13.8. The van der Waals surface area contributed by atoms with Crippen molar-refractivity contribution in [3.05, 3.63) is 46.6 Å². The third kappa shape index (κ3) is 3.48. The minimum absolute atomic E-state index is 0.0379. The Balaban J connectivity index is 1.95. The number of methoxy groups -OCH3 is 1. The third-order valence-electron chi connectivity index (χ3n) is 4.98. The number of alkyl halides is 3. The highest BCUT2D eigenvalue weighted by Crippen LogP contribution is 2.48. The lowest BCUT2D eigenvalue weighted by Crippen LogP contribution is -2.41. The van der Waals surface area contributed by atoms with Crippen LogP contribution in [0.1, 0.15) is 28.6 Å². The normalized spacial score (nSPS) is 17.9. The summed E-state index contributed by atoms with van der Waals surface area (Å²) >= 11 is 0.993. The van der Waals surface area contributed by atoms with Crippen molar-refractivity contribution in [3.8, 4) is 5.88 Å². The Morgan fingerprint density at radius 1 is 1.32 bits per heavy atom. The number of anilines is 1. The number of carbonyl (C=O) groups is 2. The topological polar surface area (TPSA) is 122 Å². The van der Waals surface area contributed by atoms with Crippen molar-refractivity contribution in [2.75, 3.05) is 18.6 Å². The lowest BCUT2D eigenvalue weighted by Gasteiger charge is -2.36. The number of hydrogen-bond acceptors (Lipinski definition) is 6. The molecule has 0 spiro atoms. The van der Waals surface area contributed by atoms with Crippen LogP contribution in [0.15, 0.2) is 23.2 Å². The van der Waals surface area contributed by atoms with Gasteiger partial charge in [0, 0.05) is 6.54 Å². The number of benzene rings is 1. The van der Waals surface area contributed by atoms with Gasteiger partial charge in [-0.2, -0.15) is 18.2 Å². The molecule has 2 aliphatic heterocycles. The number of thioether (sulfide) groups is 1. The van der Waals surface area contributed by atoms with Gasteiger partial charge in [-0.15, -0.1) is 0 Å². The predicted molar refractivity (Wildman–Crippen MR) is 103 cm³/mol. The second-order valence-electron chi connectivity index (χ2n) is 6.68. The van der Waals surface area contributed by atoms with Gasteiger partial charge < -0.3 is 15.6 Å². The van der Waals surface area contributed by atoms with Crippen LogP contribution in [-0.2, 0) is 12.6 Å². The van der Waals surface area contributed by atoms with E-state index in [-0.39, 0.29) is 40.9 Å². The zero-order valence-electron chi connectivity index (χ0n) is 15.9. The number of nitrogens with zero attached hydrogens (tertiary/aromatic N) is 4. The van der Waals surface area contributed by atoms with Crippen LogP contribution in [0.3, 0.4) is 0 Å². The Kier molecular flexibility index (Phi) is 5.07. The molecule has 1 atom stereocenters. The van der Waals surface area contributed by atoms with E-state index in [1.165, 1.54) is 25.1 Å². The Labute approximate surface area is 178 Å². The summed E-state index contributed by atoms with van der Waals surface area (Å²) in [5, 5.41) is 9.91. The number of primary amides is 1. The van der Waals surface area contributed by atoms with Crippen molar-refractivity contribution in [3.63, 3.8) is 0 Å². The molecule has 0 bridgehead atoms. The number of amides is 3. The summed E-state index contributed by atoms with van der Waals surface area (Å²) in [4.78, 5) is 34.0. The van der Waals surface area contributed by atoms with Gasteiger partial charge in [0.2, 0.25) is 5.88 Å². The molecule has 31 heavy (non-hydrogen) atoms. The smallest absolute Gasteiger partial charge is 0.416 e. The first-order chi connectivity index (χ1) is 14.6. The molecule has 1 aromatic carbocycles. The molecular weight excluding hydrogens is 439 g/mol. The number of fused-ring (bicyclic) bond motifs is 2. The molecule has 0 fully saturated rings. The van der Waals surface area contributed by atoms with Crippen LogP contribution in [0.2, 0.25) is 0 Å². The van der Waals surface area contributed by atoms with E-state index in [0.29, 0.717) is 5.56 Å². The molecule has 0 saturated heterocycles. The number of ether oxygens (including phenoxy) is 1. The fourth-order valence-electron chi connectivity index (χ4n) is 3.70. The van der Waals surface area contributed by atoms with E-state index in [1.807, 2.05) is 0 Å². The van der Waals surface area contributed by atoms with Crippen LogP contribution in [0.4, 0.5) is 28.4 Å². The summed E-state index contributed by atoms with van der Waals surface area (Å²) < 4.78 is 46.6. The number of aromatic nitrogens is 2. The zero-order chi connectivity index (χ0) is 22.5. The molecule has 0 saturated carbocycles. The molecule has 1 aromatic heterocycles. The summed E-state index contributed by atoms with van der Waals surface area (Å²) in [6, 6.07) is 1.48. The second kappa shape index (κ2) is 7.48. The van der Waals surface area contributed by atoms with Crippen molar-refractivity contribution < 1.29 is 32.6 Å². The summed E-state index contributed by atoms with van der Waals surface area (Å²) in [5.74, 6) is 1.06. The number of halogens is 3. The van der Waals surface area contributed by atoms with Gasteiger partial charge in [0.15, 0.2) is 5.82 Å². The average molecular weight is 454 g/mol. The summed E-state index contributed by atoms with van der Waals surface area (Å²) in [7, 11) is 1.26. The first-order valence-corrected chi connectivity index (χ1v) is 9.74. The van der Waals surface area contributed by atoms with Crippen molar-refractivity contribution in [1.29, 1.82) is 0 Å². The van der Waals surface area contributed by atoms with Gasteiger partial charge in [-0.25, -0.2) is 14.6 Å². The van der Waals surface area contributed by atoms with Gasteiger partial charge in [-0.1, -0.05) is 23.9 Å². The number of carboxylic acid groups (broad SMARTS) is 1. The maximum Gasteiger partial charge on any atom is 0.416 e. The number of rotatable bonds is 2. The van der Waals surface area contributed by atoms with Crippen LogP contribution in [0, 0.1) is 5.88 Å². The molecule has 1 radical (unpaired) electrons. The molecule has 3 heterocycles. The van der Waals surface area contributed by atoms with Crippen LogP contribution in [0.5, 0.6) is 5.88 Å². The molecule has 13 heteroatoms. The largest absolute Gasteiger partial charge is 0.479 e. The van der Waals surface area contributed by atoms with E-state index < -0.39 is 29.9 Å². The van der Waals surface area contributed by atoms with E-state index in [2.05, 4.69) is 9.97 Å². The Morgan fingerprint density at radius 2 is 2.06 bits per heavy atom. The maximum absolute atomic E-state index is 13.8. The van der Waals surface area contributed by atoms with E-state index in [0.717, 1.165) is 27.6 Å². The van der Waals surface area contributed by atoms with Crippen LogP contribution in [-0.4, -0.2) is 45.8 Å². The van der Waals surface area contributed by atoms with E-state index >= 15 is 0 Å². The van der Waals surface area contributed by atoms with Crippen molar-refractivity contribution in [1.82, 2.24) is 14.9 Å². The van der Waals surface area contributed by atoms with Crippen LogP contribution >= 0.6 is 11.8 Å². The molecule has 0 aliphatic carbocycles. The molecule has 163 valence electrons. The van der Waals surface area contributed by atoms with Crippen molar-refractivity contribution in [2.24, 2.45) is 5.73 Å². The second-order valence-corrected chi connectivity index (χ2v) is 7.51. The Hall–Kier alpha value is -3.22. The van der Waals surface area contributed by atoms with E-state index in [9.17, 15) is 27.9 Å². The fourth-order valence-corrected chi connectivity index (χ4v) is 4.56. The number of hydrogen-bond donors (Lipinski definition) is 2. The highest BCUT2D eigenvalue weighted by molar-refractivity contribution is 8.01. The van der Waals surface area contributed by atoms with Gasteiger partial charge >= 0.3 is 18.3 Å². The predicted octanol–water partition coefficient (Wildman–Crippen LogP) is 3.24. The average Bonchev–Trinajstić information content (AvgIpc) is 3.15. The van der Waals surface area contributed by atoms with Gasteiger partial charge in [0.25, 0.3) is 0 Å². The Morgan fingerprint density at radius 3 is 2.68 bits per heavy atom. The highest BCUT2D eigenvalue weighted by atomic mass is 32.2. The molecule has 9 nitrogen and oxygen atoms in total. The highest BCUT2D eigenvalue weighted by Gasteiger charge is 2.43. The SMILES string of the molecule is COc1nc(C2c3c(cccc3C(F)(F)F)CCN2C(=O)O)nc2c1N(C(N)=O)[CH]S2. The van der Waals surface area contributed by atoms with Crippen LogP contribution in [0.25, 0.3) is 0 Å². The summed E-state index contributed by atoms with van der Waals surface area (Å²) in [6.07, 6.45) is -6.01. The number of carbonyl (C=O) groups excluding carboxylic acids is 1. The number of urea groups is 1. The molecule has 3 amide bonds. The molecule has 3 N–H and O–H groups in total.